The zero-order valence-corrected chi connectivity index (χ0v) is 30.4. The molecule has 1 heterocycles. The first-order chi connectivity index (χ1) is 22.2. The van der Waals surface area contributed by atoms with Crippen molar-refractivity contribution in [2.45, 2.75) is 156 Å². The van der Waals surface area contributed by atoms with Crippen molar-refractivity contribution in [2.75, 3.05) is 6.61 Å². The second-order valence-corrected chi connectivity index (χ2v) is 18.5. The van der Waals surface area contributed by atoms with E-state index in [1.807, 2.05) is 13.8 Å². The van der Waals surface area contributed by atoms with Gasteiger partial charge in [0.1, 0.15) is 36.6 Å². The SMILES string of the molecule is CC(=O)O[C@@H]1C[C@]2(C)C3=CC[C@]4(C)[C@H]5[C@H](O)C[C@@H](C(C)C)[C@]5(C)CC[C@@]4(C)[C@@H]3[C@@H](O)C[C@H]2C(C)(C)[C@H]1O[C@@H]1O[C@@H](CO)[C@@H](O)[C@H](O)[C@@H]1O. The van der Waals surface area contributed by atoms with Crippen LogP contribution in [0.5, 0.6) is 0 Å². The van der Waals surface area contributed by atoms with E-state index in [2.05, 4.69) is 47.6 Å². The van der Waals surface area contributed by atoms with Crippen molar-refractivity contribution in [1.29, 1.82) is 0 Å². The molecule has 0 amide bonds. The molecule has 1 aliphatic heterocycles. The summed E-state index contributed by atoms with van der Waals surface area (Å²) in [7, 11) is 0. The molecule has 0 radical (unpaired) electrons. The lowest BCUT2D eigenvalue weighted by atomic mass is 9.35. The van der Waals surface area contributed by atoms with Gasteiger partial charge in [-0.15, -0.1) is 0 Å². The van der Waals surface area contributed by atoms with E-state index >= 15 is 0 Å². The number of allylic oxidation sites excluding steroid dienone is 1. The molecule has 0 bridgehead atoms. The van der Waals surface area contributed by atoms with E-state index in [0.717, 1.165) is 25.7 Å². The van der Waals surface area contributed by atoms with Crippen LogP contribution in [-0.2, 0) is 19.0 Å². The lowest BCUT2D eigenvalue weighted by molar-refractivity contribution is -0.337. The summed E-state index contributed by atoms with van der Waals surface area (Å²) in [6.07, 6.45) is -2.88. The van der Waals surface area contributed by atoms with Crippen LogP contribution in [0, 0.1) is 56.7 Å². The van der Waals surface area contributed by atoms with Gasteiger partial charge >= 0.3 is 5.97 Å². The Kier molecular flexibility index (Phi) is 9.15. The third kappa shape index (κ3) is 4.97. The van der Waals surface area contributed by atoms with E-state index in [-0.39, 0.29) is 40.1 Å². The van der Waals surface area contributed by atoms with E-state index in [1.165, 1.54) is 12.5 Å². The van der Waals surface area contributed by atoms with Crippen LogP contribution in [0.1, 0.15) is 101 Å². The minimum Gasteiger partial charge on any atom is -0.460 e. The standard InChI is InChI=1S/C38H62O10/c1-18(2)21-14-23(42)31-35(21,6)12-13-37(8)27-20(10-11-38(31,37)9)36(7)16-24(46-19(3)40)32(34(4,5)26(36)15-22(27)41)48-33-30(45)29(44)28(43)25(17-39)47-33/h10,18,21-33,39,41-45H,11-17H2,1-9H3/t21-,22-,23+,24+,25-,26-,27-,28+,29-,30-,31-,32-,33-,35-,36+,37-,38+/m0/s1. The van der Waals surface area contributed by atoms with Crippen LogP contribution < -0.4 is 0 Å². The van der Waals surface area contributed by atoms with E-state index in [4.69, 9.17) is 14.2 Å². The van der Waals surface area contributed by atoms with Crippen LogP contribution in [0.3, 0.4) is 0 Å². The van der Waals surface area contributed by atoms with Crippen molar-refractivity contribution in [1.82, 2.24) is 0 Å². The number of aliphatic hydroxyl groups is 6. The number of carbonyl (C=O) groups is 1. The predicted octanol–water partition coefficient (Wildman–Crippen LogP) is 3.33. The van der Waals surface area contributed by atoms with E-state index < -0.39 is 72.4 Å². The van der Waals surface area contributed by atoms with Crippen molar-refractivity contribution in [2.24, 2.45) is 56.7 Å². The molecule has 1 saturated heterocycles. The second-order valence-electron chi connectivity index (χ2n) is 18.5. The summed E-state index contributed by atoms with van der Waals surface area (Å²) in [4.78, 5) is 12.6. The van der Waals surface area contributed by atoms with Gasteiger partial charge in [-0.2, -0.15) is 0 Å². The maximum absolute atomic E-state index is 12.6. The summed E-state index contributed by atoms with van der Waals surface area (Å²) in [5, 5.41) is 65.6. The Labute approximate surface area is 286 Å². The first kappa shape index (κ1) is 36.7. The van der Waals surface area contributed by atoms with Gasteiger partial charge in [-0.3, -0.25) is 4.79 Å². The summed E-state index contributed by atoms with van der Waals surface area (Å²) in [6, 6.07) is 0. The number of hydrogen-bond donors (Lipinski definition) is 6. The third-order valence-electron chi connectivity index (χ3n) is 15.5. The largest absolute Gasteiger partial charge is 0.460 e. The number of hydrogen-bond acceptors (Lipinski definition) is 10. The first-order valence-electron chi connectivity index (χ1n) is 18.4. The lowest BCUT2D eigenvalue weighted by Gasteiger charge is -2.70. The quantitative estimate of drug-likeness (QED) is 0.144. The summed E-state index contributed by atoms with van der Waals surface area (Å²) < 4.78 is 18.2. The number of aliphatic hydroxyl groups excluding tert-OH is 6. The van der Waals surface area contributed by atoms with E-state index in [0.29, 0.717) is 24.7 Å². The molecule has 6 rings (SSSR count). The van der Waals surface area contributed by atoms with Crippen molar-refractivity contribution >= 4 is 5.97 Å². The monoisotopic (exact) mass is 678 g/mol. The summed E-state index contributed by atoms with van der Waals surface area (Å²) in [5.74, 6) is 0.369. The topological polar surface area (TPSA) is 166 Å². The van der Waals surface area contributed by atoms with Crippen molar-refractivity contribution in [3.63, 3.8) is 0 Å². The minimum absolute atomic E-state index is 0.0292. The average molecular weight is 679 g/mol. The normalized spacial score (nSPS) is 54.4. The highest BCUT2D eigenvalue weighted by atomic mass is 16.7. The van der Waals surface area contributed by atoms with Crippen molar-refractivity contribution in [3.8, 4) is 0 Å². The lowest BCUT2D eigenvalue weighted by Crippen LogP contribution is -2.68. The average Bonchev–Trinajstić information content (AvgIpc) is 3.27. The molecule has 274 valence electrons. The maximum Gasteiger partial charge on any atom is 0.302 e. The van der Waals surface area contributed by atoms with Gasteiger partial charge in [0, 0.05) is 12.8 Å². The second kappa shape index (κ2) is 12.0. The van der Waals surface area contributed by atoms with Gasteiger partial charge in [-0.1, -0.05) is 67.0 Å². The molecule has 0 aromatic heterocycles. The number of carbonyl (C=O) groups excluding carboxylic acids is 1. The van der Waals surface area contributed by atoms with Crippen LogP contribution in [0.15, 0.2) is 11.6 Å². The van der Waals surface area contributed by atoms with Crippen LogP contribution in [-0.4, -0.2) is 98.3 Å². The fourth-order valence-electron chi connectivity index (χ4n) is 13.2. The molecule has 0 spiro atoms. The Bertz CT molecular complexity index is 1280. The smallest absolute Gasteiger partial charge is 0.302 e. The van der Waals surface area contributed by atoms with E-state index in [1.54, 1.807) is 0 Å². The Balaban J connectivity index is 1.38. The highest BCUT2D eigenvalue weighted by Gasteiger charge is 2.72. The summed E-state index contributed by atoms with van der Waals surface area (Å²) in [5.41, 5.74) is -0.400. The molecular formula is C38H62O10. The van der Waals surface area contributed by atoms with Gasteiger partial charge in [0.25, 0.3) is 0 Å². The molecule has 6 N–H and O–H groups in total. The van der Waals surface area contributed by atoms with Gasteiger partial charge in [-0.05, 0) is 89.3 Å². The maximum atomic E-state index is 12.6. The van der Waals surface area contributed by atoms with Gasteiger partial charge < -0.3 is 44.8 Å². The molecule has 0 aromatic rings. The van der Waals surface area contributed by atoms with Crippen molar-refractivity contribution < 1.29 is 49.6 Å². The number of esters is 1. The molecule has 10 heteroatoms. The third-order valence-corrected chi connectivity index (χ3v) is 15.5. The zero-order valence-electron chi connectivity index (χ0n) is 30.4. The molecular weight excluding hydrogens is 616 g/mol. The summed E-state index contributed by atoms with van der Waals surface area (Å²) >= 11 is 0. The Morgan fingerprint density at radius 1 is 0.938 bits per heavy atom. The molecule has 4 saturated carbocycles. The molecule has 6 aliphatic rings. The van der Waals surface area contributed by atoms with Gasteiger partial charge in [-0.25, -0.2) is 0 Å². The van der Waals surface area contributed by atoms with Crippen LogP contribution in [0.2, 0.25) is 0 Å². The Morgan fingerprint density at radius 3 is 2.21 bits per heavy atom. The predicted molar refractivity (Wildman–Crippen MR) is 177 cm³/mol. The number of ether oxygens (including phenoxy) is 3. The van der Waals surface area contributed by atoms with Crippen LogP contribution >= 0.6 is 0 Å². The molecule has 0 aromatic carbocycles. The Hall–Kier alpha value is -1.11. The molecule has 0 unspecified atom stereocenters. The molecule has 48 heavy (non-hydrogen) atoms. The Morgan fingerprint density at radius 2 is 1.60 bits per heavy atom. The number of fused-ring (bicyclic) bond motifs is 7. The van der Waals surface area contributed by atoms with Gasteiger partial charge in [0.15, 0.2) is 6.29 Å². The van der Waals surface area contributed by atoms with Crippen LogP contribution in [0.25, 0.3) is 0 Å². The van der Waals surface area contributed by atoms with E-state index in [9.17, 15) is 35.4 Å². The molecule has 5 fully saturated rings. The highest BCUT2D eigenvalue weighted by Crippen LogP contribution is 2.76. The number of rotatable bonds is 5. The molecule has 5 aliphatic carbocycles. The molecule has 10 nitrogen and oxygen atoms in total. The molecule has 17 atom stereocenters. The van der Waals surface area contributed by atoms with Crippen molar-refractivity contribution in [3.05, 3.63) is 11.6 Å². The van der Waals surface area contributed by atoms with Gasteiger partial charge in [0.2, 0.25) is 0 Å². The minimum atomic E-state index is -1.60. The van der Waals surface area contributed by atoms with Crippen LogP contribution in [0.4, 0.5) is 0 Å². The summed E-state index contributed by atoms with van der Waals surface area (Å²) in [6.45, 7) is 18.8. The zero-order chi connectivity index (χ0) is 35.5. The fourth-order valence-corrected chi connectivity index (χ4v) is 13.2. The highest BCUT2D eigenvalue weighted by molar-refractivity contribution is 5.66. The van der Waals surface area contributed by atoms with Gasteiger partial charge in [0.05, 0.1) is 18.8 Å². The first-order valence-corrected chi connectivity index (χ1v) is 18.4. The fraction of sp³-hybridized carbons (Fsp3) is 0.921.